The molecule has 1 amide bonds. The lowest BCUT2D eigenvalue weighted by Crippen LogP contribution is -2.30. The highest BCUT2D eigenvalue weighted by Crippen LogP contribution is 2.12. The van der Waals surface area contributed by atoms with Gasteiger partial charge in [-0.2, -0.15) is 0 Å². The molecule has 0 saturated heterocycles. The molecule has 0 bridgehead atoms. The molecule has 5 N–H and O–H groups in total. The predicted molar refractivity (Wildman–Crippen MR) is 81.2 cm³/mol. The molecule has 0 aliphatic carbocycles. The number of ether oxygens (including phenoxy) is 1. The number of primary amides is 1. The Morgan fingerprint density at radius 3 is 2.48 bits per heavy atom. The first kappa shape index (κ1) is 17.3. The molecule has 1 rings (SSSR count). The molecule has 0 aliphatic heterocycles. The van der Waals surface area contributed by atoms with Crippen LogP contribution in [0.5, 0.6) is 5.75 Å². The summed E-state index contributed by atoms with van der Waals surface area (Å²) in [6.45, 7) is 0.345. The Labute approximate surface area is 124 Å². The smallest absolute Gasteiger partial charge is 0.217 e. The summed E-state index contributed by atoms with van der Waals surface area (Å²) in [6, 6.07) is 6.72. The monoisotopic (exact) mass is 315 g/mol. The summed E-state index contributed by atoms with van der Waals surface area (Å²) in [4.78, 5) is 10.5. The van der Waals surface area contributed by atoms with Gasteiger partial charge in [0.05, 0.1) is 5.75 Å². The van der Waals surface area contributed by atoms with E-state index in [4.69, 9.17) is 16.2 Å². The Hall–Kier alpha value is -1.80. The number of amides is 1. The van der Waals surface area contributed by atoms with E-state index < -0.39 is 10.0 Å². The van der Waals surface area contributed by atoms with Crippen molar-refractivity contribution in [2.24, 2.45) is 5.73 Å². The summed E-state index contributed by atoms with van der Waals surface area (Å²) in [6.07, 6.45) is 1.41. The van der Waals surface area contributed by atoms with Gasteiger partial charge in [0, 0.05) is 18.7 Å². The lowest BCUT2D eigenvalue weighted by atomic mass is 10.2. The van der Waals surface area contributed by atoms with Gasteiger partial charge in [-0.25, -0.2) is 13.1 Å². The maximum absolute atomic E-state index is 11.7. The van der Waals surface area contributed by atoms with Crippen molar-refractivity contribution in [2.75, 3.05) is 24.6 Å². The van der Waals surface area contributed by atoms with Gasteiger partial charge < -0.3 is 16.2 Å². The van der Waals surface area contributed by atoms with Crippen LogP contribution in [0.25, 0.3) is 0 Å². The van der Waals surface area contributed by atoms with Crippen molar-refractivity contribution in [3.05, 3.63) is 24.3 Å². The molecular weight excluding hydrogens is 294 g/mol. The van der Waals surface area contributed by atoms with E-state index in [9.17, 15) is 13.2 Å². The van der Waals surface area contributed by atoms with Crippen LogP contribution in [-0.2, 0) is 14.8 Å². The molecule has 0 atom stereocenters. The number of benzene rings is 1. The molecule has 118 valence electrons. The molecular formula is C13H21N3O4S. The SMILES string of the molecule is NC(=O)CCCCNS(=O)(=O)CCOc1ccc(N)cc1. The van der Waals surface area contributed by atoms with Crippen molar-refractivity contribution in [3.63, 3.8) is 0 Å². The molecule has 0 spiro atoms. The third-order valence-corrected chi connectivity index (χ3v) is 4.02. The zero-order chi connectivity index (χ0) is 15.7. The van der Waals surface area contributed by atoms with Crippen molar-refractivity contribution in [1.82, 2.24) is 4.72 Å². The first-order chi connectivity index (χ1) is 9.89. The summed E-state index contributed by atoms with van der Waals surface area (Å²) < 4.78 is 31.1. The maximum atomic E-state index is 11.7. The zero-order valence-electron chi connectivity index (χ0n) is 11.7. The number of carbonyl (C=O) groups is 1. The summed E-state index contributed by atoms with van der Waals surface area (Å²) in [7, 11) is -3.38. The Kier molecular flexibility index (Phi) is 6.97. The molecule has 8 heteroatoms. The van der Waals surface area contributed by atoms with Crippen molar-refractivity contribution in [3.8, 4) is 5.75 Å². The highest BCUT2D eigenvalue weighted by atomic mass is 32.2. The quantitative estimate of drug-likeness (QED) is 0.421. The van der Waals surface area contributed by atoms with Gasteiger partial charge >= 0.3 is 0 Å². The maximum Gasteiger partial charge on any atom is 0.217 e. The number of nitrogens with one attached hydrogen (secondary N) is 1. The topological polar surface area (TPSA) is 125 Å². The minimum Gasteiger partial charge on any atom is -0.492 e. The van der Waals surface area contributed by atoms with Crippen molar-refractivity contribution in [1.29, 1.82) is 0 Å². The van der Waals surface area contributed by atoms with Gasteiger partial charge in [0.1, 0.15) is 12.4 Å². The molecule has 7 nitrogen and oxygen atoms in total. The van der Waals surface area contributed by atoms with Crippen LogP contribution in [0.4, 0.5) is 5.69 Å². The first-order valence-corrected chi connectivity index (χ1v) is 8.28. The molecule has 21 heavy (non-hydrogen) atoms. The van der Waals surface area contributed by atoms with E-state index in [0.717, 1.165) is 0 Å². The fourth-order valence-electron chi connectivity index (χ4n) is 1.56. The summed E-state index contributed by atoms with van der Waals surface area (Å²) in [5, 5.41) is 0. The number of sulfonamides is 1. The lowest BCUT2D eigenvalue weighted by Gasteiger charge is -2.08. The molecule has 0 heterocycles. The Morgan fingerprint density at radius 1 is 1.19 bits per heavy atom. The van der Waals surface area contributed by atoms with Crippen LogP contribution in [0.15, 0.2) is 24.3 Å². The number of hydrogen-bond donors (Lipinski definition) is 3. The number of nitrogen functional groups attached to an aromatic ring is 1. The normalized spacial score (nSPS) is 11.2. The van der Waals surface area contributed by atoms with Gasteiger partial charge in [-0.05, 0) is 37.1 Å². The molecule has 0 radical (unpaired) electrons. The largest absolute Gasteiger partial charge is 0.492 e. The van der Waals surface area contributed by atoms with E-state index >= 15 is 0 Å². The van der Waals surface area contributed by atoms with E-state index in [1.165, 1.54) is 0 Å². The molecule has 0 aliphatic rings. The van der Waals surface area contributed by atoms with Crippen LogP contribution in [0, 0.1) is 0 Å². The van der Waals surface area contributed by atoms with E-state index in [-0.39, 0.29) is 31.2 Å². The van der Waals surface area contributed by atoms with Crippen LogP contribution in [0.3, 0.4) is 0 Å². The standard InChI is InChI=1S/C13H21N3O4S/c14-11-4-6-12(7-5-11)20-9-10-21(18,19)16-8-2-1-3-13(15)17/h4-7,16H,1-3,8-10,14H2,(H2,15,17). The van der Waals surface area contributed by atoms with Gasteiger partial charge in [0.2, 0.25) is 15.9 Å². The van der Waals surface area contributed by atoms with Gasteiger partial charge in [-0.1, -0.05) is 0 Å². The molecule has 0 fully saturated rings. The second-order valence-electron chi connectivity index (χ2n) is 4.55. The first-order valence-electron chi connectivity index (χ1n) is 6.63. The summed E-state index contributed by atoms with van der Waals surface area (Å²) in [5.74, 6) is 0.0586. The third-order valence-electron chi connectivity index (χ3n) is 2.67. The minimum absolute atomic E-state index is 0.0561. The highest BCUT2D eigenvalue weighted by Gasteiger charge is 2.09. The van der Waals surface area contributed by atoms with E-state index in [1.54, 1.807) is 24.3 Å². The van der Waals surface area contributed by atoms with Gasteiger partial charge in [0.15, 0.2) is 0 Å². The zero-order valence-corrected chi connectivity index (χ0v) is 12.6. The average Bonchev–Trinajstić information content (AvgIpc) is 2.40. The second kappa shape index (κ2) is 8.48. The molecule has 0 unspecified atom stereocenters. The number of carbonyl (C=O) groups excluding carboxylic acids is 1. The Bertz CT molecular complexity index is 543. The van der Waals surface area contributed by atoms with Crippen LogP contribution in [0.2, 0.25) is 0 Å². The predicted octanol–water partition coefficient (Wildman–Crippen LogP) is 0.223. The van der Waals surface area contributed by atoms with Crippen LogP contribution in [0.1, 0.15) is 19.3 Å². The van der Waals surface area contributed by atoms with Gasteiger partial charge in [0.25, 0.3) is 0 Å². The van der Waals surface area contributed by atoms with Crippen LogP contribution in [-0.4, -0.2) is 33.2 Å². The molecule has 0 aromatic heterocycles. The minimum atomic E-state index is -3.38. The fourth-order valence-corrected chi connectivity index (χ4v) is 2.46. The number of unbranched alkanes of at least 4 members (excludes halogenated alkanes) is 1. The Morgan fingerprint density at radius 2 is 1.86 bits per heavy atom. The summed E-state index contributed by atoms with van der Waals surface area (Å²) in [5.41, 5.74) is 11.1. The van der Waals surface area contributed by atoms with Gasteiger partial charge in [-0.15, -0.1) is 0 Å². The number of rotatable bonds is 10. The average molecular weight is 315 g/mol. The second-order valence-corrected chi connectivity index (χ2v) is 6.48. The Balaban J connectivity index is 2.20. The number of nitrogens with two attached hydrogens (primary N) is 2. The number of hydrogen-bond acceptors (Lipinski definition) is 5. The highest BCUT2D eigenvalue weighted by molar-refractivity contribution is 7.89. The van der Waals surface area contributed by atoms with Crippen LogP contribution < -0.4 is 20.9 Å². The van der Waals surface area contributed by atoms with Gasteiger partial charge in [-0.3, -0.25) is 4.79 Å². The fraction of sp³-hybridized carbons (Fsp3) is 0.462. The molecule has 1 aromatic carbocycles. The lowest BCUT2D eigenvalue weighted by molar-refractivity contribution is -0.118. The third kappa shape index (κ3) is 8.16. The summed E-state index contributed by atoms with van der Waals surface area (Å²) >= 11 is 0. The van der Waals surface area contributed by atoms with Crippen LogP contribution >= 0.6 is 0 Å². The van der Waals surface area contributed by atoms with E-state index in [0.29, 0.717) is 24.3 Å². The van der Waals surface area contributed by atoms with Crippen molar-refractivity contribution in [2.45, 2.75) is 19.3 Å². The molecule has 0 saturated carbocycles. The number of anilines is 1. The van der Waals surface area contributed by atoms with E-state index in [2.05, 4.69) is 4.72 Å². The van der Waals surface area contributed by atoms with Crippen molar-refractivity contribution >= 4 is 21.6 Å². The van der Waals surface area contributed by atoms with E-state index in [1.807, 2.05) is 0 Å². The van der Waals surface area contributed by atoms with Crippen molar-refractivity contribution < 1.29 is 17.9 Å². The molecule has 1 aromatic rings.